The van der Waals surface area contributed by atoms with Gasteiger partial charge >= 0.3 is 0 Å². The summed E-state index contributed by atoms with van der Waals surface area (Å²) in [5, 5.41) is 3.91. The van der Waals surface area contributed by atoms with Crippen LogP contribution in [0.2, 0.25) is 0 Å². The Morgan fingerprint density at radius 1 is 1.56 bits per heavy atom. The predicted octanol–water partition coefficient (Wildman–Crippen LogP) is 2.49. The second kappa shape index (κ2) is 5.77. The third-order valence-corrected chi connectivity index (χ3v) is 4.04. The van der Waals surface area contributed by atoms with Crippen LogP contribution >= 0.6 is 11.3 Å². The highest BCUT2D eigenvalue weighted by Gasteiger charge is 2.26. The first-order valence-electron chi connectivity index (χ1n) is 5.05. The van der Waals surface area contributed by atoms with E-state index in [9.17, 15) is 8.42 Å². The number of hydrogen-bond donors (Lipinski definition) is 1. The molecule has 1 N–H and O–H groups in total. The van der Waals surface area contributed by atoms with Gasteiger partial charge in [-0.1, -0.05) is 6.92 Å². The molecule has 0 saturated carbocycles. The van der Waals surface area contributed by atoms with Crippen LogP contribution in [-0.4, -0.2) is 25.0 Å². The van der Waals surface area contributed by atoms with Gasteiger partial charge in [-0.15, -0.1) is 0 Å². The van der Waals surface area contributed by atoms with Crippen LogP contribution in [0.1, 0.15) is 31.7 Å². The van der Waals surface area contributed by atoms with E-state index in [1.54, 1.807) is 18.3 Å². The lowest BCUT2D eigenvalue weighted by Gasteiger charge is -2.17. The van der Waals surface area contributed by atoms with Crippen LogP contribution in [0.3, 0.4) is 0 Å². The molecular formula is C10H16O4S2. The third kappa shape index (κ3) is 3.86. The molecule has 0 amide bonds. The van der Waals surface area contributed by atoms with Crippen molar-refractivity contribution in [2.45, 2.75) is 31.6 Å². The lowest BCUT2D eigenvalue weighted by molar-refractivity contribution is 0.100. The van der Waals surface area contributed by atoms with Gasteiger partial charge in [0.25, 0.3) is 10.1 Å². The van der Waals surface area contributed by atoms with Crippen molar-refractivity contribution in [2.24, 2.45) is 0 Å². The molecule has 6 heteroatoms. The molecular weight excluding hydrogens is 248 g/mol. The van der Waals surface area contributed by atoms with E-state index in [4.69, 9.17) is 9.29 Å². The van der Waals surface area contributed by atoms with E-state index in [1.165, 1.54) is 0 Å². The first kappa shape index (κ1) is 13.6. The smallest absolute Gasteiger partial charge is 0.292 e. The molecule has 2 atom stereocenters. The third-order valence-electron chi connectivity index (χ3n) is 2.34. The van der Waals surface area contributed by atoms with Crippen LogP contribution in [0, 0.1) is 0 Å². The first-order valence-corrected chi connectivity index (χ1v) is 7.49. The molecule has 2 unspecified atom stereocenters. The zero-order valence-corrected chi connectivity index (χ0v) is 10.9. The molecule has 0 spiro atoms. The summed E-state index contributed by atoms with van der Waals surface area (Å²) in [6, 6.07) is 1.95. The summed E-state index contributed by atoms with van der Waals surface area (Å²) in [4.78, 5) is 0. The number of thiophene rings is 1. The zero-order chi connectivity index (χ0) is 12.2. The summed E-state index contributed by atoms with van der Waals surface area (Å²) < 4.78 is 36.2. The van der Waals surface area contributed by atoms with Gasteiger partial charge in [-0.25, -0.2) is 0 Å². The molecule has 1 aromatic rings. The average Bonchev–Trinajstić information content (AvgIpc) is 2.68. The minimum Gasteiger partial charge on any atom is -0.360 e. The van der Waals surface area contributed by atoms with Gasteiger partial charge in [-0.05, 0) is 41.7 Å². The fourth-order valence-corrected chi connectivity index (χ4v) is 3.06. The van der Waals surface area contributed by atoms with Crippen molar-refractivity contribution in [3.8, 4) is 0 Å². The standard InChI is InChI=1S/C10H16O4S2/c1-3-14-10(16(11,12)13)6-8(2)9-4-5-15-7-9/h4-5,7-8,10H,3,6H2,1-2H3,(H,11,12,13). The topological polar surface area (TPSA) is 63.6 Å². The van der Waals surface area contributed by atoms with Crippen LogP contribution < -0.4 is 0 Å². The molecule has 1 heterocycles. The van der Waals surface area contributed by atoms with E-state index in [1.807, 2.05) is 23.8 Å². The summed E-state index contributed by atoms with van der Waals surface area (Å²) in [7, 11) is -4.13. The molecule has 16 heavy (non-hydrogen) atoms. The van der Waals surface area contributed by atoms with E-state index in [-0.39, 0.29) is 18.9 Å². The minimum atomic E-state index is -4.13. The molecule has 0 fully saturated rings. The van der Waals surface area contributed by atoms with Crippen LogP contribution in [0.5, 0.6) is 0 Å². The lowest BCUT2D eigenvalue weighted by atomic mass is 10.0. The maximum absolute atomic E-state index is 11.1. The Balaban J connectivity index is 2.69. The molecule has 4 nitrogen and oxygen atoms in total. The number of ether oxygens (including phenoxy) is 1. The van der Waals surface area contributed by atoms with Gasteiger partial charge < -0.3 is 4.74 Å². The zero-order valence-electron chi connectivity index (χ0n) is 9.29. The lowest BCUT2D eigenvalue weighted by Crippen LogP contribution is -2.25. The summed E-state index contributed by atoms with van der Waals surface area (Å²) in [5.74, 6) is 0.0460. The highest BCUT2D eigenvalue weighted by molar-refractivity contribution is 7.86. The van der Waals surface area contributed by atoms with Crippen molar-refractivity contribution in [3.05, 3.63) is 22.4 Å². The Morgan fingerprint density at radius 3 is 2.69 bits per heavy atom. The van der Waals surface area contributed by atoms with Gasteiger partial charge in [-0.2, -0.15) is 19.8 Å². The Kier molecular flexibility index (Phi) is 4.91. The molecule has 0 aliphatic heterocycles. The fourth-order valence-electron chi connectivity index (χ4n) is 1.44. The summed E-state index contributed by atoms with van der Waals surface area (Å²) in [6.45, 7) is 3.88. The molecule has 1 rings (SSSR count). The SMILES string of the molecule is CCOC(CC(C)c1ccsc1)S(=O)(=O)O. The van der Waals surface area contributed by atoms with Crippen LogP contribution in [0.15, 0.2) is 16.8 Å². The highest BCUT2D eigenvalue weighted by Crippen LogP contribution is 2.25. The Bertz CT molecular complexity index is 396. The van der Waals surface area contributed by atoms with Gasteiger partial charge in [0, 0.05) is 6.61 Å². The van der Waals surface area contributed by atoms with Gasteiger partial charge in [0.2, 0.25) is 0 Å². The normalized spacial score (nSPS) is 15.9. The van der Waals surface area contributed by atoms with E-state index in [0.717, 1.165) is 5.56 Å². The minimum absolute atomic E-state index is 0.0460. The van der Waals surface area contributed by atoms with E-state index >= 15 is 0 Å². The van der Waals surface area contributed by atoms with Crippen LogP contribution in [0.25, 0.3) is 0 Å². The fraction of sp³-hybridized carbons (Fsp3) is 0.600. The summed E-state index contributed by atoms with van der Waals surface area (Å²) >= 11 is 1.56. The van der Waals surface area contributed by atoms with Crippen LogP contribution in [0.4, 0.5) is 0 Å². The van der Waals surface area contributed by atoms with Gasteiger partial charge in [0.15, 0.2) is 5.44 Å². The first-order chi connectivity index (χ1) is 7.45. The van der Waals surface area contributed by atoms with Crippen molar-refractivity contribution in [2.75, 3.05) is 6.61 Å². The molecule has 92 valence electrons. The Labute approximate surface area is 100 Å². The van der Waals surface area contributed by atoms with Crippen molar-refractivity contribution < 1.29 is 17.7 Å². The Hall–Kier alpha value is -0.430. The van der Waals surface area contributed by atoms with E-state index < -0.39 is 15.6 Å². The van der Waals surface area contributed by atoms with Crippen molar-refractivity contribution >= 4 is 21.5 Å². The van der Waals surface area contributed by atoms with Crippen molar-refractivity contribution in [3.63, 3.8) is 0 Å². The Morgan fingerprint density at radius 2 is 2.25 bits per heavy atom. The molecule has 0 radical (unpaired) electrons. The van der Waals surface area contributed by atoms with Gasteiger partial charge in [0.1, 0.15) is 0 Å². The van der Waals surface area contributed by atoms with Gasteiger partial charge in [0.05, 0.1) is 0 Å². The molecule has 0 saturated heterocycles. The summed E-state index contributed by atoms with van der Waals surface area (Å²) in [6.07, 6.45) is 0.267. The van der Waals surface area contributed by atoms with E-state index in [2.05, 4.69) is 0 Å². The predicted molar refractivity (Wildman–Crippen MR) is 64.3 cm³/mol. The second-order valence-corrected chi connectivity index (χ2v) is 5.93. The molecule has 0 aromatic carbocycles. The summed E-state index contributed by atoms with van der Waals surface area (Å²) in [5.41, 5.74) is -0.0641. The maximum Gasteiger partial charge on any atom is 0.292 e. The van der Waals surface area contributed by atoms with Crippen molar-refractivity contribution in [1.29, 1.82) is 0 Å². The monoisotopic (exact) mass is 264 g/mol. The van der Waals surface area contributed by atoms with Crippen LogP contribution in [-0.2, 0) is 14.9 Å². The average molecular weight is 264 g/mol. The second-order valence-electron chi connectivity index (χ2n) is 3.59. The largest absolute Gasteiger partial charge is 0.360 e. The van der Waals surface area contributed by atoms with Gasteiger partial charge in [-0.3, -0.25) is 4.55 Å². The molecule has 0 aliphatic carbocycles. The quantitative estimate of drug-likeness (QED) is 0.802. The maximum atomic E-state index is 11.1. The number of hydrogen-bond acceptors (Lipinski definition) is 4. The number of rotatable bonds is 6. The van der Waals surface area contributed by atoms with E-state index in [0.29, 0.717) is 0 Å². The molecule has 0 aliphatic rings. The molecule has 0 bridgehead atoms. The highest BCUT2D eigenvalue weighted by atomic mass is 32.2. The molecule has 1 aromatic heterocycles. The van der Waals surface area contributed by atoms with Crippen molar-refractivity contribution in [1.82, 2.24) is 0 Å².